The summed E-state index contributed by atoms with van der Waals surface area (Å²) in [4.78, 5) is 13.0. The molecule has 0 rings (SSSR count). The molecular weight excluding hydrogens is 154 g/mol. The molecule has 0 aliphatic rings. The van der Waals surface area contributed by atoms with Crippen molar-refractivity contribution >= 4 is 5.91 Å². The molecule has 0 heterocycles. The molecule has 3 nitrogen and oxygen atoms in total. The van der Waals surface area contributed by atoms with Crippen LogP contribution in [-0.4, -0.2) is 35.6 Å². The van der Waals surface area contributed by atoms with Gasteiger partial charge in [-0.2, -0.15) is 0 Å². The Kier molecular flexibility index (Phi) is 4.90. The normalized spacial score (nSPS) is 15.4. The third-order valence-corrected chi connectivity index (χ3v) is 1.95. The number of amides is 1. The molecule has 0 spiro atoms. The van der Waals surface area contributed by atoms with E-state index in [1.807, 2.05) is 13.8 Å². The number of hydrogen-bond acceptors (Lipinski definition) is 2. The van der Waals surface area contributed by atoms with Gasteiger partial charge in [-0.05, 0) is 13.3 Å². The second kappa shape index (κ2) is 5.14. The molecule has 0 aromatic rings. The van der Waals surface area contributed by atoms with Crippen LogP contribution >= 0.6 is 0 Å². The number of rotatable bonds is 4. The Morgan fingerprint density at radius 2 is 2.00 bits per heavy atom. The molecule has 72 valence electrons. The van der Waals surface area contributed by atoms with Gasteiger partial charge in [0, 0.05) is 19.5 Å². The average molecular weight is 173 g/mol. The molecule has 2 atom stereocenters. The summed E-state index contributed by atoms with van der Waals surface area (Å²) in [6.07, 6.45) is 0.409. The zero-order chi connectivity index (χ0) is 9.72. The molecule has 0 aliphatic carbocycles. The highest BCUT2D eigenvalue weighted by molar-refractivity contribution is 5.78. The van der Waals surface area contributed by atoms with E-state index >= 15 is 0 Å². The first kappa shape index (κ1) is 11.4. The quantitative estimate of drug-likeness (QED) is 0.685. The van der Waals surface area contributed by atoms with E-state index in [4.69, 9.17) is 5.11 Å². The van der Waals surface area contributed by atoms with E-state index in [2.05, 4.69) is 0 Å². The number of carbonyl (C=O) groups is 1. The van der Waals surface area contributed by atoms with Crippen LogP contribution < -0.4 is 0 Å². The number of aliphatic hydroxyl groups excluding tert-OH is 1. The lowest BCUT2D eigenvalue weighted by atomic mass is 10.1. The van der Waals surface area contributed by atoms with E-state index in [0.29, 0.717) is 6.54 Å². The minimum Gasteiger partial charge on any atom is -0.392 e. The third-order valence-electron chi connectivity index (χ3n) is 1.95. The molecule has 0 bridgehead atoms. The Morgan fingerprint density at radius 1 is 1.50 bits per heavy atom. The van der Waals surface area contributed by atoms with E-state index in [1.54, 1.807) is 18.9 Å². The van der Waals surface area contributed by atoms with Gasteiger partial charge in [0.15, 0.2) is 0 Å². The molecule has 1 amide bonds. The van der Waals surface area contributed by atoms with Crippen molar-refractivity contribution in [1.29, 1.82) is 0 Å². The van der Waals surface area contributed by atoms with Crippen LogP contribution in [-0.2, 0) is 4.79 Å². The molecule has 0 fully saturated rings. The first-order valence-electron chi connectivity index (χ1n) is 4.42. The summed E-state index contributed by atoms with van der Waals surface area (Å²) < 4.78 is 0. The van der Waals surface area contributed by atoms with Gasteiger partial charge in [-0.1, -0.05) is 13.8 Å². The van der Waals surface area contributed by atoms with Crippen LogP contribution in [0.4, 0.5) is 0 Å². The molecule has 0 saturated carbocycles. The van der Waals surface area contributed by atoms with Gasteiger partial charge in [-0.25, -0.2) is 0 Å². The first-order chi connectivity index (χ1) is 5.49. The molecular formula is C9H19NO2. The number of carbonyl (C=O) groups excluding carboxylic acids is 1. The summed E-state index contributed by atoms with van der Waals surface area (Å²) in [7, 11) is 1.72. The van der Waals surface area contributed by atoms with Gasteiger partial charge in [-0.15, -0.1) is 0 Å². The highest BCUT2D eigenvalue weighted by Gasteiger charge is 2.16. The van der Waals surface area contributed by atoms with Crippen LogP contribution in [0.5, 0.6) is 0 Å². The fourth-order valence-electron chi connectivity index (χ4n) is 1.04. The molecule has 0 aromatic heterocycles. The van der Waals surface area contributed by atoms with Crippen molar-refractivity contribution < 1.29 is 9.90 Å². The maximum atomic E-state index is 11.4. The van der Waals surface area contributed by atoms with Crippen LogP contribution in [0.3, 0.4) is 0 Å². The lowest BCUT2D eigenvalue weighted by molar-refractivity contribution is -0.134. The monoisotopic (exact) mass is 173 g/mol. The molecule has 12 heavy (non-hydrogen) atoms. The Labute approximate surface area is 74.4 Å². The summed E-state index contributed by atoms with van der Waals surface area (Å²) in [5, 5.41) is 9.03. The van der Waals surface area contributed by atoms with Gasteiger partial charge in [0.25, 0.3) is 0 Å². The smallest absolute Gasteiger partial charge is 0.225 e. The zero-order valence-corrected chi connectivity index (χ0v) is 8.37. The first-order valence-corrected chi connectivity index (χ1v) is 4.42. The summed E-state index contributed by atoms with van der Waals surface area (Å²) in [6.45, 7) is 5.99. The summed E-state index contributed by atoms with van der Waals surface area (Å²) in [6, 6.07) is 0. The van der Waals surface area contributed by atoms with Crippen molar-refractivity contribution in [3.8, 4) is 0 Å². The van der Waals surface area contributed by atoms with E-state index < -0.39 is 6.10 Å². The predicted octanol–water partition coefficient (Wildman–Crippen LogP) is 0.872. The summed E-state index contributed by atoms with van der Waals surface area (Å²) in [5.41, 5.74) is 0. The van der Waals surface area contributed by atoms with Crippen molar-refractivity contribution in [2.45, 2.75) is 33.3 Å². The van der Waals surface area contributed by atoms with Crippen LogP contribution in [0, 0.1) is 5.92 Å². The van der Waals surface area contributed by atoms with Gasteiger partial charge in [0.2, 0.25) is 5.91 Å². The van der Waals surface area contributed by atoms with Crippen molar-refractivity contribution in [3.63, 3.8) is 0 Å². The minimum absolute atomic E-state index is 0.0637. The topological polar surface area (TPSA) is 40.5 Å². The molecule has 0 aliphatic heterocycles. The molecule has 0 saturated heterocycles. The minimum atomic E-state index is -0.442. The molecule has 1 N–H and O–H groups in total. The van der Waals surface area contributed by atoms with Gasteiger partial charge in [0.05, 0.1) is 6.10 Å². The largest absolute Gasteiger partial charge is 0.392 e. The van der Waals surface area contributed by atoms with Gasteiger partial charge in [-0.3, -0.25) is 4.79 Å². The van der Waals surface area contributed by atoms with E-state index in [9.17, 15) is 4.79 Å². The maximum absolute atomic E-state index is 11.4. The van der Waals surface area contributed by atoms with Crippen LogP contribution in [0.25, 0.3) is 0 Å². The summed E-state index contributed by atoms with van der Waals surface area (Å²) >= 11 is 0. The van der Waals surface area contributed by atoms with Gasteiger partial charge < -0.3 is 10.0 Å². The van der Waals surface area contributed by atoms with E-state index in [-0.39, 0.29) is 11.8 Å². The fraction of sp³-hybridized carbons (Fsp3) is 0.889. The molecule has 3 heteroatoms. The number of hydrogen-bond donors (Lipinski definition) is 1. The second-order valence-electron chi connectivity index (χ2n) is 3.38. The zero-order valence-electron chi connectivity index (χ0n) is 8.37. The second-order valence-corrected chi connectivity index (χ2v) is 3.38. The lowest BCUT2D eigenvalue weighted by Gasteiger charge is -2.21. The highest BCUT2D eigenvalue weighted by Crippen LogP contribution is 2.05. The van der Waals surface area contributed by atoms with Gasteiger partial charge in [0.1, 0.15) is 0 Å². The maximum Gasteiger partial charge on any atom is 0.225 e. The van der Waals surface area contributed by atoms with Crippen molar-refractivity contribution in [3.05, 3.63) is 0 Å². The third kappa shape index (κ3) is 3.72. The van der Waals surface area contributed by atoms with E-state index in [0.717, 1.165) is 6.42 Å². The molecule has 2 unspecified atom stereocenters. The van der Waals surface area contributed by atoms with E-state index in [1.165, 1.54) is 0 Å². The molecule has 0 aromatic carbocycles. The van der Waals surface area contributed by atoms with Crippen molar-refractivity contribution in [1.82, 2.24) is 4.90 Å². The van der Waals surface area contributed by atoms with Crippen molar-refractivity contribution in [2.24, 2.45) is 5.92 Å². The highest BCUT2D eigenvalue weighted by atomic mass is 16.3. The number of aliphatic hydroxyl groups is 1. The molecule has 0 radical (unpaired) electrons. The standard InChI is InChI=1S/C9H19NO2/c1-5-7(2)9(12)10(4)6-8(3)11/h7-8,11H,5-6H2,1-4H3. The average Bonchev–Trinajstić information content (AvgIpc) is 2.00. The predicted molar refractivity (Wildman–Crippen MR) is 48.8 cm³/mol. The number of likely N-dealkylation sites (N-methyl/N-ethyl adjacent to an activating group) is 1. The lowest BCUT2D eigenvalue weighted by Crippen LogP contribution is -2.36. The number of nitrogens with zero attached hydrogens (tertiary/aromatic N) is 1. The fourth-order valence-corrected chi connectivity index (χ4v) is 1.04. The van der Waals surface area contributed by atoms with Crippen LogP contribution in [0.1, 0.15) is 27.2 Å². The van der Waals surface area contributed by atoms with Crippen LogP contribution in [0.2, 0.25) is 0 Å². The Bertz CT molecular complexity index is 145. The van der Waals surface area contributed by atoms with Gasteiger partial charge >= 0.3 is 0 Å². The van der Waals surface area contributed by atoms with Crippen LogP contribution in [0.15, 0.2) is 0 Å². The Balaban J connectivity index is 3.92. The Hall–Kier alpha value is -0.570. The Morgan fingerprint density at radius 3 is 2.33 bits per heavy atom. The SMILES string of the molecule is CCC(C)C(=O)N(C)CC(C)O. The summed E-state index contributed by atoms with van der Waals surface area (Å²) in [5.74, 6) is 0.173. The van der Waals surface area contributed by atoms with Crippen molar-refractivity contribution in [2.75, 3.05) is 13.6 Å².